The third-order valence-electron chi connectivity index (χ3n) is 3.85. The van der Waals surface area contributed by atoms with Crippen LogP contribution in [0.3, 0.4) is 0 Å². The zero-order chi connectivity index (χ0) is 12.4. The van der Waals surface area contributed by atoms with Crippen LogP contribution in [0.5, 0.6) is 0 Å². The highest BCUT2D eigenvalue weighted by atomic mass is 16.6. The molecule has 1 aromatic rings. The van der Waals surface area contributed by atoms with Gasteiger partial charge in [-0.1, -0.05) is 24.3 Å². The largest absolute Gasteiger partial charge is 0.376 e. The Morgan fingerprint density at radius 1 is 1.22 bits per heavy atom. The van der Waals surface area contributed by atoms with E-state index in [0.29, 0.717) is 19.8 Å². The number of fused-ring (bicyclic) bond motifs is 1. The Morgan fingerprint density at radius 2 is 2.11 bits per heavy atom. The van der Waals surface area contributed by atoms with E-state index in [9.17, 15) is 4.79 Å². The lowest BCUT2D eigenvalue weighted by Crippen LogP contribution is -2.34. The summed E-state index contributed by atoms with van der Waals surface area (Å²) in [6, 6.07) is 7.95. The highest BCUT2D eigenvalue weighted by Crippen LogP contribution is 2.29. The fourth-order valence-corrected chi connectivity index (χ4v) is 2.87. The van der Waals surface area contributed by atoms with Crippen molar-refractivity contribution in [1.29, 1.82) is 0 Å². The molecule has 1 aliphatic heterocycles. The minimum Gasteiger partial charge on any atom is -0.376 e. The number of carbonyl (C=O) groups is 1. The smallest absolute Gasteiger partial charge is 0.166 e. The summed E-state index contributed by atoms with van der Waals surface area (Å²) >= 11 is 0. The van der Waals surface area contributed by atoms with E-state index in [1.807, 2.05) is 18.2 Å². The molecule has 2 aliphatic rings. The molecule has 0 bridgehead atoms. The molecule has 1 aromatic carbocycles. The molecule has 1 fully saturated rings. The Hall–Kier alpha value is -1.19. The second kappa shape index (κ2) is 5.21. The predicted molar refractivity (Wildman–Crippen MR) is 67.8 cm³/mol. The molecule has 3 heteroatoms. The minimum atomic E-state index is 0.0953. The molecule has 0 N–H and O–H groups in total. The van der Waals surface area contributed by atoms with E-state index in [-0.39, 0.29) is 17.8 Å². The van der Waals surface area contributed by atoms with E-state index in [4.69, 9.17) is 9.47 Å². The molecule has 0 amide bonds. The molecule has 0 radical (unpaired) electrons. The predicted octanol–water partition coefficient (Wildman–Crippen LogP) is 2.24. The fourth-order valence-electron chi connectivity index (χ4n) is 2.87. The number of hydrogen-bond donors (Lipinski definition) is 0. The van der Waals surface area contributed by atoms with Crippen LogP contribution in [0.2, 0.25) is 0 Å². The minimum absolute atomic E-state index is 0.0953. The van der Waals surface area contributed by atoms with Crippen LogP contribution < -0.4 is 0 Å². The van der Waals surface area contributed by atoms with Gasteiger partial charge in [0.2, 0.25) is 0 Å². The van der Waals surface area contributed by atoms with Crippen molar-refractivity contribution >= 4 is 5.78 Å². The van der Waals surface area contributed by atoms with Gasteiger partial charge < -0.3 is 9.47 Å². The van der Waals surface area contributed by atoms with Crippen LogP contribution >= 0.6 is 0 Å². The maximum Gasteiger partial charge on any atom is 0.166 e. The van der Waals surface area contributed by atoms with Gasteiger partial charge in [-0.25, -0.2) is 0 Å². The quantitative estimate of drug-likeness (QED) is 0.802. The topological polar surface area (TPSA) is 35.5 Å². The molecule has 0 unspecified atom stereocenters. The van der Waals surface area contributed by atoms with Crippen molar-refractivity contribution in [1.82, 2.24) is 0 Å². The van der Waals surface area contributed by atoms with Crippen molar-refractivity contribution in [3.05, 3.63) is 35.4 Å². The molecule has 0 spiro atoms. The molecule has 3 nitrogen and oxygen atoms in total. The first kappa shape index (κ1) is 11.9. The van der Waals surface area contributed by atoms with Crippen molar-refractivity contribution in [3.63, 3.8) is 0 Å². The molecular weight excluding hydrogens is 228 g/mol. The van der Waals surface area contributed by atoms with Crippen molar-refractivity contribution in [2.45, 2.75) is 25.4 Å². The molecule has 0 aromatic heterocycles. The Morgan fingerprint density at radius 3 is 2.94 bits per heavy atom. The summed E-state index contributed by atoms with van der Waals surface area (Å²) in [6.07, 6.45) is 2.83. The Labute approximate surface area is 107 Å². The standard InChI is InChI=1S/C15H18O3/c16-15-12(9-13-10-17-7-8-18-13)6-5-11-3-1-2-4-14(11)15/h1-4,12-13H,5-10H2/t12-,13-/m0/s1. The number of hydrogen-bond acceptors (Lipinski definition) is 3. The molecule has 96 valence electrons. The summed E-state index contributed by atoms with van der Waals surface area (Å²) in [5, 5.41) is 0. The van der Waals surface area contributed by atoms with Gasteiger partial charge in [0.1, 0.15) is 0 Å². The zero-order valence-electron chi connectivity index (χ0n) is 10.4. The Bertz CT molecular complexity index is 435. The average Bonchev–Trinajstić information content (AvgIpc) is 2.43. The van der Waals surface area contributed by atoms with E-state index in [0.717, 1.165) is 24.8 Å². The first-order chi connectivity index (χ1) is 8.84. The number of Topliss-reactive ketones (excluding diaryl/α,β-unsaturated/α-hetero) is 1. The van der Waals surface area contributed by atoms with Crippen LogP contribution in [0.1, 0.15) is 28.8 Å². The fraction of sp³-hybridized carbons (Fsp3) is 0.533. The van der Waals surface area contributed by atoms with E-state index >= 15 is 0 Å². The van der Waals surface area contributed by atoms with Gasteiger partial charge in [-0.3, -0.25) is 4.79 Å². The molecule has 2 atom stereocenters. The van der Waals surface area contributed by atoms with Crippen LogP contribution in [0.4, 0.5) is 0 Å². The van der Waals surface area contributed by atoms with Crippen LogP contribution in [0.15, 0.2) is 24.3 Å². The lowest BCUT2D eigenvalue weighted by Gasteiger charge is -2.29. The van der Waals surface area contributed by atoms with Gasteiger partial charge in [-0.15, -0.1) is 0 Å². The number of benzene rings is 1. The van der Waals surface area contributed by atoms with Crippen molar-refractivity contribution in [3.8, 4) is 0 Å². The summed E-state index contributed by atoms with van der Waals surface area (Å²) in [5.41, 5.74) is 2.10. The summed E-state index contributed by atoms with van der Waals surface area (Å²) in [5.74, 6) is 0.387. The Kier molecular flexibility index (Phi) is 3.43. The molecule has 0 saturated carbocycles. The third kappa shape index (κ3) is 2.33. The van der Waals surface area contributed by atoms with Crippen LogP contribution in [-0.2, 0) is 15.9 Å². The molecule has 1 heterocycles. The maximum absolute atomic E-state index is 12.4. The number of aryl methyl sites for hydroxylation is 1. The van der Waals surface area contributed by atoms with Gasteiger partial charge in [-0.2, -0.15) is 0 Å². The van der Waals surface area contributed by atoms with Gasteiger partial charge in [0.25, 0.3) is 0 Å². The summed E-state index contributed by atoms with van der Waals surface area (Å²) < 4.78 is 11.0. The third-order valence-corrected chi connectivity index (χ3v) is 3.85. The zero-order valence-corrected chi connectivity index (χ0v) is 10.4. The second-order valence-electron chi connectivity index (χ2n) is 5.06. The van der Waals surface area contributed by atoms with Gasteiger partial charge in [0, 0.05) is 11.5 Å². The molecule has 1 aliphatic carbocycles. The van der Waals surface area contributed by atoms with Crippen LogP contribution in [0, 0.1) is 5.92 Å². The highest BCUT2D eigenvalue weighted by Gasteiger charge is 2.30. The van der Waals surface area contributed by atoms with Crippen LogP contribution in [0.25, 0.3) is 0 Å². The summed E-state index contributed by atoms with van der Waals surface area (Å²) in [4.78, 5) is 12.4. The number of ketones is 1. The van der Waals surface area contributed by atoms with Crippen molar-refractivity contribution in [2.75, 3.05) is 19.8 Å². The monoisotopic (exact) mass is 246 g/mol. The SMILES string of the molecule is O=C1c2ccccc2CC[C@H]1C[C@H]1COCCO1. The van der Waals surface area contributed by atoms with Gasteiger partial charge in [0.15, 0.2) is 5.78 Å². The van der Waals surface area contributed by atoms with Crippen LogP contribution in [-0.4, -0.2) is 31.7 Å². The summed E-state index contributed by atoms with van der Waals surface area (Å²) in [7, 11) is 0. The number of rotatable bonds is 2. The highest BCUT2D eigenvalue weighted by molar-refractivity contribution is 6.00. The molecule has 3 rings (SSSR count). The van der Waals surface area contributed by atoms with E-state index in [1.165, 1.54) is 5.56 Å². The maximum atomic E-state index is 12.4. The van der Waals surface area contributed by atoms with E-state index in [2.05, 4.69) is 6.07 Å². The molecule has 1 saturated heterocycles. The summed E-state index contributed by atoms with van der Waals surface area (Å²) in [6.45, 7) is 1.96. The first-order valence-electron chi connectivity index (χ1n) is 6.66. The van der Waals surface area contributed by atoms with Crippen molar-refractivity contribution < 1.29 is 14.3 Å². The van der Waals surface area contributed by atoms with Gasteiger partial charge in [-0.05, 0) is 24.8 Å². The lowest BCUT2D eigenvalue weighted by atomic mass is 9.80. The van der Waals surface area contributed by atoms with Crippen molar-refractivity contribution in [2.24, 2.45) is 5.92 Å². The molecule has 18 heavy (non-hydrogen) atoms. The average molecular weight is 246 g/mol. The van der Waals surface area contributed by atoms with E-state index < -0.39 is 0 Å². The number of carbonyl (C=O) groups excluding carboxylic acids is 1. The van der Waals surface area contributed by atoms with Gasteiger partial charge in [0.05, 0.1) is 25.9 Å². The van der Waals surface area contributed by atoms with E-state index in [1.54, 1.807) is 0 Å². The van der Waals surface area contributed by atoms with Gasteiger partial charge >= 0.3 is 0 Å². The Balaban J connectivity index is 1.70. The first-order valence-corrected chi connectivity index (χ1v) is 6.66. The lowest BCUT2D eigenvalue weighted by molar-refractivity contribution is -0.0945. The molecular formula is C15H18O3. The number of ether oxygens (including phenoxy) is 2. The second-order valence-corrected chi connectivity index (χ2v) is 5.06. The normalized spacial score (nSPS) is 27.9.